The van der Waals surface area contributed by atoms with Gasteiger partial charge in [0.15, 0.2) is 0 Å². The lowest BCUT2D eigenvalue weighted by atomic mass is 10.1. The number of aromatic nitrogens is 2. The molecule has 1 fully saturated rings. The molecule has 9 heteroatoms. The van der Waals surface area contributed by atoms with Crippen molar-refractivity contribution >= 4 is 29.1 Å². The Morgan fingerprint density at radius 3 is 2.80 bits per heavy atom. The summed E-state index contributed by atoms with van der Waals surface area (Å²) in [4.78, 5) is 37.2. The summed E-state index contributed by atoms with van der Waals surface area (Å²) >= 11 is 0. The molecular formula is C21H28N6O3. The molecule has 0 radical (unpaired) electrons. The zero-order valence-corrected chi connectivity index (χ0v) is 17.8. The first-order valence-electron chi connectivity index (χ1n) is 9.86. The zero-order chi connectivity index (χ0) is 21.7. The topological polar surface area (TPSA) is 99.7 Å². The summed E-state index contributed by atoms with van der Waals surface area (Å²) < 4.78 is 5.22. The average Bonchev–Trinajstić information content (AvgIpc) is 3.12. The lowest BCUT2D eigenvalue weighted by Crippen LogP contribution is -2.35. The average molecular weight is 412 g/mol. The second-order valence-corrected chi connectivity index (χ2v) is 7.38. The molecule has 0 aliphatic carbocycles. The van der Waals surface area contributed by atoms with Crippen LogP contribution in [0.25, 0.3) is 0 Å². The summed E-state index contributed by atoms with van der Waals surface area (Å²) in [5.74, 6) is 2.33. The second kappa shape index (κ2) is 9.43. The van der Waals surface area contributed by atoms with E-state index in [4.69, 9.17) is 4.74 Å². The molecule has 0 saturated carbocycles. The molecule has 1 aromatic carbocycles. The van der Waals surface area contributed by atoms with Gasteiger partial charge < -0.3 is 25.2 Å². The summed E-state index contributed by atoms with van der Waals surface area (Å²) in [5, 5.41) is 6.10. The predicted molar refractivity (Wildman–Crippen MR) is 116 cm³/mol. The number of hydrogen-bond donors (Lipinski definition) is 2. The van der Waals surface area contributed by atoms with Gasteiger partial charge in [0, 0.05) is 58.0 Å². The number of nitrogens with one attached hydrogen (secondary N) is 2. The fraction of sp³-hybridized carbons (Fsp3) is 0.429. The summed E-state index contributed by atoms with van der Waals surface area (Å²) in [5.41, 5.74) is 0.743. The Morgan fingerprint density at radius 2 is 2.07 bits per heavy atom. The minimum atomic E-state index is -0.370. The number of hydrogen-bond acceptors (Lipinski definition) is 7. The number of benzene rings is 1. The Bertz CT molecular complexity index is 917. The molecule has 2 aromatic rings. The minimum Gasteiger partial charge on any atom is -0.497 e. The van der Waals surface area contributed by atoms with E-state index in [1.54, 1.807) is 18.1 Å². The van der Waals surface area contributed by atoms with E-state index in [1.165, 1.54) is 0 Å². The highest BCUT2D eigenvalue weighted by molar-refractivity contribution is 6.00. The van der Waals surface area contributed by atoms with Crippen LogP contribution in [0, 0.1) is 12.8 Å². The van der Waals surface area contributed by atoms with E-state index in [-0.39, 0.29) is 24.2 Å². The van der Waals surface area contributed by atoms with Crippen LogP contribution in [0.4, 0.5) is 17.3 Å². The van der Waals surface area contributed by atoms with E-state index >= 15 is 0 Å². The molecule has 1 aliphatic rings. The van der Waals surface area contributed by atoms with Crippen LogP contribution in [-0.2, 0) is 9.59 Å². The quantitative estimate of drug-likeness (QED) is 0.633. The van der Waals surface area contributed by atoms with Crippen LogP contribution in [-0.4, -0.2) is 62.6 Å². The smallest absolute Gasteiger partial charge is 0.227 e. The first kappa shape index (κ1) is 21.4. The van der Waals surface area contributed by atoms with Gasteiger partial charge in [-0.25, -0.2) is 9.97 Å². The van der Waals surface area contributed by atoms with Gasteiger partial charge in [0.1, 0.15) is 23.2 Å². The first-order chi connectivity index (χ1) is 14.4. The van der Waals surface area contributed by atoms with Gasteiger partial charge >= 0.3 is 0 Å². The summed E-state index contributed by atoms with van der Waals surface area (Å²) in [6.07, 6.45) is 0.202. The molecular weight excluding hydrogens is 384 g/mol. The van der Waals surface area contributed by atoms with Gasteiger partial charge in [-0.15, -0.1) is 0 Å². The van der Waals surface area contributed by atoms with Crippen LogP contribution in [0.5, 0.6) is 5.75 Å². The van der Waals surface area contributed by atoms with Gasteiger partial charge in [-0.3, -0.25) is 9.59 Å². The molecule has 9 nitrogen and oxygen atoms in total. The fourth-order valence-electron chi connectivity index (χ4n) is 3.30. The largest absolute Gasteiger partial charge is 0.497 e. The SMILES string of the molecule is COc1cccc(N2CC(C(=O)NCCNc3cc(N(C)C)nc(C)n3)CC2=O)c1. The number of carbonyl (C=O) groups is 2. The van der Waals surface area contributed by atoms with Crippen LogP contribution in [0.15, 0.2) is 30.3 Å². The molecule has 3 rings (SSSR count). The standard InChI is InChI=1S/C21H28N6O3/c1-14-24-18(12-19(25-14)26(2)3)22-8-9-23-21(29)15-10-20(28)27(13-15)16-6-5-7-17(11-16)30-4/h5-7,11-12,15H,8-10,13H2,1-4H3,(H,23,29)(H,22,24,25). The maximum Gasteiger partial charge on any atom is 0.227 e. The van der Waals surface area contributed by atoms with Crippen molar-refractivity contribution in [1.82, 2.24) is 15.3 Å². The van der Waals surface area contributed by atoms with Gasteiger partial charge in [-0.1, -0.05) is 6.07 Å². The van der Waals surface area contributed by atoms with Crippen molar-refractivity contribution in [3.8, 4) is 5.75 Å². The Balaban J connectivity index is 1.49. The van der Waals surface area contributed by atoms with Crippen molar-refractivity contribution in [2.45, 2.75) is 13.3 Å². The number of carbonyl (C=O) groups excluding carboxylic acids is 2. The monoisotopic (exact) mass is 412 g/mol. The lowest BCUT2D eigenvalue weighted by molar-refractivity contribution is -0.126. The minimum absolute atomic E-state index is 0.0609. The Hall–Kier alpha value is -3.36. The molecule has 2 N–H and O–H groups in total. The highest BCUT2D eigenvalue weighted by Crippen LogP contribution is 2.27. The van der Waals surface area contributed by atoms with Crippen LogP contribution in [0.2, 0.25) is 0 Å². The van der Waals surface area contributed by atoms with E-state index in [2.05, 4.69) is 20.6 Å². The summed E-state index contributed by atoms with van der Waals surface area (Å²) in [6, 6.07) is 9.15. The van der Waals surface area contributed by atoms with Gasteiger partial charge in [-0.05, 0) is 19.1 Å². The molecule has 0 bridgehead atoms. The van der Waals surface area contributed by atoms with Crippen LogP contribution < -0.4 is 25.2 Å². The molecule has 160 valence electrons. The number of nitrogens with zero attached hydrogens (tertiary/aromatic N) is 4. The van der Waals surface area contributed by atoms with Crippen LogP contribution >= 0.6 is 0 Å². The van der Waals surface area contributed by atoms with E-state index < -0.39 is 0 Å². The highest BCUT2D eigenvalue weighted by Gasteiger charge is 2.35. The molecule has 30 heavy (non-hydrogen) atoms. The Labute approximate surface area is 176 Å². The number of anilines is 3. The molecule has 0 spiro atoms. The van der Waals surface area contributed by atoms with Crippen LogP contribution in [0.1, 0.15) is 12.2 Å². The van der Waals surface area contributed by atoms with Crippen molar-refractivity contribution in [3.05, 3.63) is 36.2 Å². The number of amides is 2. The zero-order valence-electron chi connectivity index (χ0n) is 17.8. The third-order valence-electron chi connectivity index (χ3n) is 4.87. The predicted octanol–water partition coefficient (Wildman–Crippen LogP) is 1.44. The molecule has 1 unspecified atom stereocenters. The van der Waals surface area contributed by atoms with Gasteiger partial charge in [0.05, 0.1) is 13.0 Å². The molecule has 1 aromatic heterocycles. The Morgan fingerprint density at radius 1 is 1.27 bits per heavy atom. The lowest BCUT2D eigenvalue weighted by Gasteiger charge is -2.17. The number of methoxy groups -OCH3 is 1. The van der Waals surface area contributed by atoms with Gasteiger partial charge in [-0.2, -0.15) is 0 Å². The second-order valence-electron chi connectivity index (χ2n) is 7.38. The maximum atomic E-state index is 12.5. The van der Waals surface area contributed by atoms with E-state index in [0.29, 0.717) is 37.0 Å². The number of ether oxygens (including phenoxy) is 1. The highest BCUT2D eigenvalue weighted by atomic mass is 16.5. The summed E-state index contributed by atoms with van der Waals surface area (Å²) in [7, 11) is 5.42. The summed E-state index contributed by atoms with van der Waals surface area (Å²) in [6.45, 7) is 3.16. The van der Waals surface area contributed by atoms with E-state index in [1.807, 2.05) is 50.2 Å². The molecule has 2 heterocycles. The van der Waals surface area contributed by atoms with Gasteiger partial charge in [0.2, 0.25) is 11.8 Å². The first-order valence-corrected chi connectivity index (χ1v) is 9.86. The Kier molecular flexibility index (Phi) is 6.71. The third-order valence-corrected chi connectivity index (χ3v) is 4.87. The van der Waals surface area contributed by atoms with Crippen molar-refractivity contribution < 1.29 is 14.3 Å². The molecule has 1 aliphatic heterocycles. The van der Waals surface area contributed by atoms with Crippen molar-refractivity contribution in [1.29, 1.82) is 0 Å². The van der Waals surface area contributed by atoms with E-state index in [9.17, 15) is 9.59 Å². The van der Waals surface area contributed by atoms with Crippen molar-refractivity contribution in [2.24, 2.45) is 5.92 Å². The van der Waals surface area contributed by atoms with E-state index in [0.717, 1.165) is 11.5 Å². The van der Waals surface area contributed by atoms with Crippen molar-refractivity contribution in [3.63, 3.8) is 0 Å². The molecule has 1 saturated heterocycles. The van der Waals surface area contributed by atoms with Gasteiger partial charge in [0.25, 0.3) is 0 Å². The maximum absolute atomic E-state index is 12.5. The normalized spacial score (nSPS) is 15.8. The van der Waals surface area contributed by atoms with Crippen molar-refractivity contribution in [2.75, 3.05) is 56.0 Å². The molecule has 1 atom stereocenters. The van der Waals surface area contributed by atoms with Crippen LogP contribution in [0.3, 0.4) is 0 Å². The number of aryl methyl sites for hydroxylation is 1. The molecule has 2 amide bonds. The fourth-order valence-corrected chi connectivity index (χ4v) is 3.30. The number of rotatable bonds is 8. The third kappa shape index (κ3) is 5.16.